The molecular formula is C13H15IN2O3. The molecule has 6 heteroatoms. The van der Waals surface area contributed by atoms with Crippen LogP contribution >= 0.6 is 22.6 Å². The monoisotopic (exact) mass is 374 g/mol. The van der Waals surface area contributed by atoms with Gasteiger partial charge < -0.3 is 15.7 Å². The lowest BCUT2D eigenvalue weighted by Gasteiger charge is -2.33. The van der Waals surface area contributed by atoms with Gasteiger partial charge in [-0.15, -0.1) is 0 Å². The second-order valence-electron chi connectivity index (χ2n) is 4.58. The molecule has 102 valence electrons. The standard InChI is InChI=1S/C13H15IN2O3/c14-9-5-4-8(7-11(9)17)13(19)16-6-2-1-3-10(16)12(15)18/h4-5,7,10,17H,1-3,6H2,(H2,15,18). The lowest BCUT2D eigenvalue weighted by molar-refractivity contribution is -0.123. The summed E-state index contributed by atoms with van der Waals surface area (Å²) >= 11 is 1.98. The Hall–Kier alpha value is -1.31. The van der Waals surface area contributed by atoms with Gasteiger partial charge in [0.25, 0.3) is 5.91 Å². The smallest absolute Gasteiger partial charge is 0.254 e. The summed E-state index contributed by atoms with van der Waals surface area (Å²) in [5.41, 5.74) is 5.72. The van der Waals surface area contributed by atoms with Crippen molar-refractivity contribution in [3.8, 4) is 5.75 Å². The summed E-state index contributed by atoms with van der Waals surface area (Å²) < 4.78 is 0.680. The number of aromatic hydroxyl groups is 1. The van der Waals surface area contributed by atoms with Gasteiger partial charge in [0, 0.05) is 12.1 Å². The number of halogens is 1. The summed E-state index contributed by atoms with van der Waals surface area (Å²) in [7, 11) is 0. The third-order valence-corrected chi connectivity index (χ3v) is 4.20. The first-order valence-corrected chi connectivity index (χ1v) is 7.17. The molecule has 1 heterocycles. The first-order chi connectivity index (χ1) is 9.00. The molecule has 0 spiro atoms. The third-order valence-electron chi connectivity index (χ3n) is 3.29. The van der Waals surface area contributed by atoms with Gasteiger partial charge in [-0.25, -0.2) is 0 Å². The van der Waals surface area contributed by atoms with Crippen LogP contribution in [0.5, 0.6) is 5.75 Å². The number of nitrogens with zero attached hydrogens (tertiary/aromatic N) is 1. The van der Waals surface area contributed by atoms with Gasteiger partial charge in [-0.2, -0.15) is 0 Å². The predicted molar refractivity (Wildman–Crippen MR) is 78.7 cm³/mol. The van der Waals surface area contributed by atoms with Crippen molar-refractivity contribution in [3.63, 3.8) is 0 Å². The fourth-order valence-electron chi connectivity index (χ4n) is 2.28. The zero-order valence-electron chi connectivity index (χ0n) is 10.3. The largest absolute Gasteiger partial charge is 0.507 e. The Morgan fingerprint density at radius 2 is 2.11 bits per heavy atom. The molecule has 0 bridgehead atoms. The van der Waals surface area contributed by atoms with E-state index in [-0.39, 0.29) is 11.7 Å². The van der Waals surface area contributed by atoms with Crippen LogP contribution in [0, 0.1) is 3.57 Å². The summed E-state index contributed by atoms with van der Waals surface area (Å²) in [5, 5.41) is 9.65. The molecule has 1 aromatic carbocycles. The van der Waals surface area contributed by atoms with Crippen LogP contribution in [0.25, 0.3) is 0 Å². The number of hydrogen-bond acceptors (Lipinski definition) is 3. The molecule has 0 radical (unpaired) electrons. The van der Waals surface area contributed by atoms with Gasteiger partial charge >= 0.3 is 0 Å². The number of phenolic OH excluding ortho intramolecular Hbond substituents is 1. The van der Waals surface area contributed by atoms with Crippen molar-refractivity contribution >= 4 is 34.4 Å². The Morgan fingerprint density at radius 3 is 2.74 bits per heavy atom. The minimum atomic E-state index is -0.539. The molecule has 1 saturated heterocycles. The van der Waals surface area contributed by atoms with Gasteiger partial charge in [-0.1, -0.05) is 0 Å². The molecule has 1 aliphatic heterocycles. The maximum absolute atomic E-state index is 12.4. The first-order valence-electron chi connectivity index (χ1n) is 6.09. The van der Waals surface area contributed by atoms with Gasteiger partial charge in [0.1, 0.15) is 11.8 Å². The van der Waals surface area contributed by atoms with Crippen LogP contribution in [0.15, 0.2) is 18.2 Å². The van der Waals surface area contributed by atoms with Gasteiger partial charge in [0.05, 0.1) is 3.57 Å². The minimum Gasteiger partial charge on any atom is -0.507 e. The molecule has 1 fully saturated rings. The number of amides is 2. The number of nitrogens with two attached hydrogens (primary N) is 1. The first kappa shape index (κ1) is 14.1. The molecule has 1 unspecified atom stereocenters. The van der Waals surface area contributed by atoms with E-state index in [2.05, 4.69) is 0 Å². The highest BCUT2D eigenvalue weighted by Gasteiger charge is 2.31. The summed E-state index contributed by atoms with van der Waals surface area (Å²) in [6.07, 6.45) is 2.37. The number of likely N-dealkylation sites (tertiary alicyclic amines) is 1. The SMILES string of the molecule is NC(=O)C1CCCCN1C(=O)c1ccc(I)c(O)c1. The van der Waals surface area contributed by atoms with Crippen LogP contribution in [-0.2, 0) is 4.79 Å². The molecule has 2 rings (SSSR count). The Balaban J connectivity index is 2.26. The number of piperidine rings is 1. The van der Waals surface area contributed by atoms with Gasteiger partial charge in [0.15, 0.2) is 0 Å². The Morgan fingerprint density at radius 1 is 1.37 bits per heavy atom. The number of primary amides is 1. The predicted octanol–water partition coefficient (Wildman–Crippen LogP) is 1.48. The van der Waals surface area contributed by atoms with Crippen LogP contribution in [0.4, 0.5) is 0 Å². The lowest BCUT2D eigenvalue weighted by Crippen LogP contribution is -2.50. The summed E-state index contributed by atoms with van der Waals surface area (Å²) in [5.74, 6) is -0.655. The highest BCUT2D eigenvalue weighted by molar-refractivity contribution is 14.1. The molecule has 5 nitrogen and oxygen atoms in total. The van der Waals surface area contributed by atoms with E-state index in [1.807, 2.05) is 22.6 Å². The summed E-state index contributed by atoms with van der Waals surface area (Å²) in [6, 6.07) is 4.21. The van der Waals surface area contributed by atoms with Crippen molar-refractivity contribution in [2.24, 2.45) is 5.73 Å². The van der Waals surface area contributed by atoms with Crippen LogP contribution < -0.4 is 5.73 Å². The van der Waals surface area contributed by atoms with Crippen molar-refractivity contribution < 1.29 is 14.7 Å². The number of hydrogen-bond donors (Lipinski definition) is 2. The van der Waals surface area contributed by atoms with Crippen molar-refractivity contribution in [1.29, 1.82) is 0 Å². The maximum atomic E-state index is 12.4. The second kappa shape index (κ2) is 5.77. The fourth-order valence-corrected chi connectivity index (χ4v) is 2.62. The zero-order valence-corrected chi connectivity index (χ0v) is 12.5. The van der Waals surface area contributed by atoms with E-state index in [0.29, 0.717) is 22.1 Å². The van der Waals surface area contributed by atoms with Crippen LogP contribution in [0.3, 0.4) is 0 Å². The van der Waals surface area contributed by atoms with Crippen LogP contribution in [0.1, 0.15) is 29.6 Å². The van der Waals surface area contributed by atoms with E-state index >= 15 is 0 Å². The van der Waals surface area contributed by atoms with Gasteiger partial charge in [0.2, 0.25) is 5.91 Å². The number of carbonyl (C=O) groups is 2. The lowest BCUT2D eigenvalue weighted by atomic mass is 10.0. The third kappa shape index (κ3) is 2.99. The fraction of sp³-hybridized carbons (Fsp3) is 0.385. The van der Waals surface area contributed by atoms with Crippen molar-refractivity contribution in [3.05, 3.63) is 27.3 Å². The molecule has 2 amide bonds. The molecule has 1 aliphatic rings. The zero-order chi connectivity index (χ0) is 14.0. The van der Waals surface area contributed by atoms with E-state index in [4.69, 9.17) is 5.73 Å². The minimum absolute atomic E-state index is 0.0686. The molecule has 0 saturated carbocycles. The second-order valence-corrected chi connectivity index (χ2v) is 5.74. The molecule has 1 aromatic rings. The highest BCUT2D eigenvalue weighted by atomic mass is 127. The Bertz CT molecular complexity index is 519. The maximum Gasteiger partial charge on any atom is 0.254 e. The molecule has 19 heavy (non-hydrogen) atoms. The molecule has 0 aliphatic carbocycles. The van der Waals surface area contributed by atoms with Crippen molar-refractivity contribution in [2.45, 2.75) is 25.3 Å². The topological polar surface area (TPSA) is 83.6 Å². The summed E-state index contributed by atoms with van der Waals surface area (Å²) in [4.78, 5) is 25.3. The van der Waals surface area contributed by atoms with E-state index < -0.39 is 11.9 Å². The van der Waals surface area contributed by atoms with E-state index in [1.54, 1.807) is 12.1 Å². The number of carbonyl (C=O) groups excluding carboxylic acids is 2. The van der Waals surface area contributed by atoms with Gasteiger partial charge in [-0.3, -0.25) is 9.59 Å². The van der Waals surface area contributed by atoms with E-state index in [9.17, 15) is 14.7 Å². The quantitative estimate of drug-likeness (QED) is 0.770. The molecule has 1 atom stereocenters. The van der Waals surface area contributed by atoms with Crippen molar-refractivity contribution in [1.82, 2.24) is 4.90 Å². The average Bonchev–Trinajstić information content (AvgIpc) is 2.41. The van der Waals surface area contributed by atoms with Crippen LogP contribution in [0.2, 0.25) is 0 Å². The highest BCUT2D eigenvalue weighted by Crippen LogP contribution is 2.24. The van der Waals surface area contributed by atoms with E-state index in [0.717, 1.165) is 12.8 Å². The molecule has 3 N–H and O–H groups in total. The molecular weight excluding hydrogens is 359 g/mol. The Kier molecular flexibility index (Phi) is 4.28. The number of rotatable bonds is 2. The average molecular weight is 374 g/mol. The van der Waals surface area contributed by atoms with E-state index in [1.165, 1.54) is 11.0 Å². The Labute approximate surface area is 124 Å². The van der Waals surface area contributed by atoms with Crippen LogP contribution in [-0.4, -0.2) is 34.4 Å². The number of phenols is 1. The number of benzene rings is 1. The van der Waals surface area contributed by atoms with Gasteiger partial charge in [-0.05, 0) is 60.1 Å². The molecule has 0 aromatic heterocycles. The summed E-state index contributed by atoms with van der Waals surface area (Å²) in [6.45, 7) is 0.527. The van der Waals surface area contributed by atoms with Crippen molar-refractivity contribution in [2.75, 3.05) is 6.54 Å². The normalized spacial score (nSPS) is 19.2.